The van der Waals surface area contributed by atoms with Gasteiger partial charge in [0.15, 0.2) is 0 Å². The predicted octanol–water partition coefficient (Wildman–Crippen LogP) is 4.59. The van der Waals surface area contributed by atoms with E-state index in [0.717, 1.165) is 5.56 Å². The van der Waals surface area contributed by atoms with Crippen molar-refractivity contribution in [3.63, 3.8) is 0 Å². The van der Waals surface area contributed by atoms with Gasteiger partial charge < -0.3 is 9.84 Å². The summed E-state index contributed by atoms with van der Waals surface area (Å²) in [5.74, 6) is 0.768. The first kappa shape index (κ1) is 17.4. The minimum absolute atomic E-state index is 0.0987. The fraction of sp³-hybridized carbons (Fsp3) is 0.316. The number of hydrogen-bond donors (Lipinski definition) is 1. The molecule has 1 N–H and O–H groups in total. The minimum Gasteiger partial charge on any atom is -0.340 e. The van der Waals surface area contributed by atoms with E-state index in [0.29, 0.717) is 16.6 Å². The van der Waals surface area contributed by atoms with Crippen molar-refractivity contribution in [1.82, 2.24) is 15.5 Å². The molecule has 1 amide bonds. The van der Waals surface area contributed by atoms with Crippen LogP contribution in [-0.2, 0) is 5.41 Å². The largest absolute Gasteiger partial charge is 0.340 e. The monoisotopic (exact) mass is 355 g/mol. The lowest BCUT2D eigenvalue weighted by Crippen LogP contribution is -2.26. The Balaban J connectivity index is 1.72. The predicted molar refractivity (Wildman–Crippen MR) is 98.6 cm³/mol. The van der Waals surface area contributed by atoms with Crippen molar-refractivity contribution >= 4 is 17.2 Å². The first-order valence-electron chi connectivity index (χ1n) is 8.13. The van der Waals surface area contributed by atoms with E-state index in [2.05, 4.69) is 48.4 Å². The molecule has 0 fully saturated rings. The first-order chi connectivity index (χ1) is 11.8. The molecule has 25 heavy (non-hydrogen) atoms. The molecule has 0 aliphatic rings. The lowest BCUT2D eigenvalue weighted by molar-refractivity contribution is 0.0936. The van der Waals surface area contributed by atoms with E-state index < -0.39 is 0 Å². The number of rotatable bonds is 4. The summed E-state index contributed by atoms with van der Waals surface area (Å²) in [5.41, 5.74) is 2.23. The SMILES string of the molecule is C[C@@H](NC(=O)c1cccs1)c1nc(-c2ccc(C(C)(C)C)cc2)no1. The van der Waals surface area contributed by atoms with Crippen LogP contribution in [0.25, 0.3) is 11.4 Å². The van der Waals surface area contributed by atoms with Crippen LogP contribution in [-0.4, -0.2) is 16.0 Å². The van der Waals surface area contributed by atoms with Gasteiger partial charge in [0.1, 0.15) is 6.04 Å². The van der Waals surface area contributed by atoms with Crippen molar-refractivity contribution in [2.45, 2.75) is 39.2 Å². The zero-order valence-corrected chi connectivity index (χ0v) is 15.6. The summed E-state index contributed by atoms with van der Waals surface area (Å²) in [7, 11) is 0. The Labute approximate surface area is 151 Å². The standard InChI is InChI=1S/C19H21N3O2S/c1-12(20-17(23)15-6-5-11-25-15)18-21-16(22-24-18)13-7-9-14(10-8-13)19(2,3)4/h5-12H,1-4H3,(H,20,23)/t12-/m1/s1. The van der Waals surface area contributed by atoms with Crippen LogP contribution in [0.1, 0.15) is 54.9 Å². The molecule has 0 spiro atoms. The number of thiophene rings is 1. The van der Waals surface area contributed by atoms with E-state index >= 15 is 0 Å². The molecule has 5 nitrogen and oxygen atoms in total. The number of carbonyl (C=O) groups excluding carboxylic acids is 1. The molecule has 130 valence electrons. The van der Waals surface area contributed by atoms with Crippen LogP contribution in [0, 0.1) is 0 Å². The van der Waals surface area contributed by atoms with Crippen molar-refractivity contribution in [3.05, 3.63) is 58.1 Å². The topological polar surface area (TPSA) is 68.0 Å². The normalized spacial score (nSPS) is 12.8. The minimum atomic E-state index is -0.357. The van der Waals surface area contributed by atoms with Gasteiger partial charge in [-0.05, 0) is 29.3 Å². The molecule has 2 aromatic heterocycles. The average Bonchev–Trinajstić information content (AvgIpc) is 3.26. The molecule has 6 heteroatoms. The van der Waals surface area contributed by atoms with Gasteiger partial charge in [0.2, 0.25) is 11.7 Å². The Morgan fingerprint density at radius 2 is 1.92 bits per heavy atom. The fourth-order valence-corrected chi connectivity index (χ4v) is 3.01. The molecule has 1 atom stereocenters. The third-order valence-corrected chi connectivity index (χ3v) is 4.78. The highest BCUT2D eigenvalue weighted by Crippen LogP contribution is 2.25. The summed E-state index contributed by atoms with van der Waals surface area (Å²) in [4.78, 5) is 17.2. The van der Waals surface area contributed by atoms with Crippen LogP contribution in [0.3, 0.4) is 0 Å². The molecule has 0 aliphatic heterocycles. The number of nitrogens with zero attached hydrogens (tertiary/aromatic N) is 2. The molecule has 0 saturated carbocycles. The van der Waals surface area contributed by atoms with Gasteiger partial charge in [0.25, 0.3) is 5.91 Å². The zero-order chi connectivity index (χ0) is 18.0. The lowest BCUT2D eigenvalue weighted by atomic mass is 9.87. The smallest absolute Gasteiger partial charge is 0.261 e. The molecule has 0 bridgehead atoms. The van der Waals surface area contributed by atoms with Crippen LogP contribution in [0.5, 0.6) is 0 Å². The second kappa shape index (κ2) is 6.80. The van der Waals surface area contributed by atoms with Gasteiger partial charge in [0, 0.05) is 5.56 Å². The molecule has 2 heterocycles. The van der Waals surface area contributed by atoms with Crippen LogP contribution >= 0.6 is 11.3 Å². The van der Waals surface area contributed by atoms with Crippen LogP contribution in [0.15, 0.2) is 46.3 Å². The van der Waals surface area contributed by atoms with Crippen LogP contribution in [0.4, 0.5) is 0 Å². The van der Waals surface area contributed by atoms with E-state index in [4.69, 9.17) is 4.52 Å². The highest BCUT2D eigenvalue weighted by Gasteiger charge is 2.19. The maximum absolute atomic E-state index is 12.1. The number of hydrogen-bond acceptors (Lipinski definition) is 5. The Morgan fingerprint density at radius 3 is 2.52 bits per heavy atom. The molecule has 0 unspecified atom stereocenters. The van der Waals surface area contributed by atoms with Gasteiger partial charge in [-0.2, -0.15) is 4.98 Å². The van der Waals surface area contributed by atoms with Crippen molar-refractivity contribution in [2.75, 3.05) is 0 Å². The summed E-state index contributed by atoms with van der Waals surface area (Å²) in [6.07, 6.45) is 0. The number of nitrogens with one attached hydrogen (secondary N) is 1. The van der Waals surface area contributed by atoms with E-state index in [1.165, 1.54) is 16.9 Å². The highest BCUT2D eigenvalue weighted by atomic mass is 32.1. The first-order valence-corrected chi connectivity index (χ1v) is 9.01. The molecule has 1 aromatic carbocycles. The van der Waals surface area contributed by atoms with Gasteiger partial charge in [-0.1, -0.05) is 56.3 Å². The molecule has 3 aromatic rings. The Kier molecular flexibility index (Phi) is 4.72. The van der Waals surface area contributed by atoms with Gasteiger partial charge in [0.05, 0.1) is 4.88 Å². The number of aromatic nitrogens is 2. The van der Waals surface area contributed by atoms with Crippen molar-refractivity contribution in [3.8, 4) is 11.4 Å². The fourth-order valence-electron chi connectivity index (χ4n) is 2.38. The van der Waals surface area contributed by atoms with Crippen molar-refractivity contribution in [1.29, 1.82) is 0 Å². The molecule has 3 rings (SSSR count). The maximum Gasteiger partial charge on any atom is 0.261 e. The van der Waals surface area contributed by atoms with Gasteiger partial charge in [-0.25, -0.2) is 0 Å². The Bertz CT molecular complexity index is 846. The van der Waals surface area contributed by atoms with Crippen molar-refractivity contribution < 1.29 is 9.32 Å². The maximum atomic E-state index is 12.1. The van der Waals surface area contributed by atoms with E-state index in [-0.39, 0.29) is 17.4 Å². The second-order valence-corrected chi connectivity index (χ2v) is 7.90. The van der Waals surface area contributed by atoms with Gasteiger partial charge in [-0.15, -0.1) is 11.3 Å². The third-order valence-electron chi connectivity index (χ3n) is 3.91. The zero-order valence-electron chi connectivity index (χ0n) is 14.7. The summed E-state index contributed by atoms with van der Waals surface area (Å²) in [5, 5.41) is 8.77. The summed E-state index contributed by atoms with van der Waals surface area (Å²) in [6, 6.07) is 11.4. The van der Waals surface area contributed by atoms with Crippen LogP contribution < -0.4 is 5.32 Å². The van der Waals surface area contributed by atoms with E-state index in [1.54, 1.807) is 6.07 Å². The Morgan fingerprint density at radius 1 is 1.20 bits per heavy atom. The third kappa shape index (κ3) is 3.96. The van der Waals surface area contributed by atoms with Crippen LogP contribution in [0.2, 0.25) is 0 Å². The quantitative estimate of drug-likeness (QED) is 0.743. The molecule has 0 radical (unpaired) electrons. The lowest BCUT2D eigenvalue weighted by Gasteiger charge is -2.18. The summed E-state index contributed by atoms with van der Waals surface area (Å²) >= 11 is 1.39. The van der Waals surface area contributed by atoms with Crippen molar-refractivity contribution in [2.24, 2.45) is 0 Å². The summed E-state index contributed by atoms with van der Waals surface area (Å²) < 4.78 is 5.32. The second-order valence-electron chi connectivity index (χ2n) is 6.96. The van der Waals surface area contributed by atoms with E-state index in [1.807, 2.05) is 30.5 Å². The average molecular weight is 355 g/mol. The summed E-state index contributed by atoms with van der Waals surface area (Å²) in [6.45, 7) is 8.34. The van der Waals surface area contributed by atoms with Gasteiger partial charge >= 0.3 is 0 Å². The molecule has 0 aliphatic carbocycles. The molecule has 0 saturated heterocycles. The number of benzene rings is 1. The van der Waals surface area contributed by atoms with E-state index in [9.17, 15) is 4.79 Å². The number of carbonyl (C=O) groups is 1. The Hall–Kier alpha value is -2.47. The van der Waals surface area contributed by atoms with Gasteiger partial charge in [-0.3, -0.25) is 4.79 Å². The number of amides is 1. The molecular weight excluding hydrogens is 334 g/mol. The molecular formula is C19H21N3O2S. The highest BCUT2D eigenvalue weighted by molar-refractivity contribution is 7.12.